The van der Waals surface area contributed by atoms with E-state index in [1.165, 1.54) is 11.1 Å². The van der Waals surface area contributed by atoms with Gasteiger partial charge in [-0.1, -0.05) is 29.3 Å². The first kappa shape index (κ1) is 18.1. The maximum atomic E-state index is 6.32. The fourth-order valence-electron chi connectivity index (χ4n) is 4.56. The average molecular weight is 414 g/mol. The second-order valence-electron chi connectivity index (χ2n) is 7.62. The van der Waals surface area contributed by atoms with Gasteiger partial charge in [-0.15, -0.1) is 10.2 Å². The first-order valence-corrected chi connectivity index (χ1v) is 10.5. The minimum absolute atomic E-state index is 0.398. The molecule has 28 heavy (non-hydrogen) atoms. The SMILES string of the molecule is Clc1ccc2c(c1)CNCc1nnc([C@H]3CC[C@H](c4cccnc4Cl)CC3)n1-2. The summed E-state index contributed by atoms with van der Waals surface area (Å²) in [7, 11) is 0. The highest BCUT2D eigenvalue weighted by Crippen LogP contribution is 2.42. The molecule has 1 saturated carbocycles. The van der Waals surface area contributed by atoms with Gasteiger partial charge in [-0.2, -0.15) is 0 Å². The van der Waals surface area contributed by atoms with E-state index in [0.29, 0.717) is 23.5 Å². The topological polar surface area (TPSA) is 55.6 Å². The first-order chi connectivity index (χ1) is 13.7. The Labute approximate surface area is 174 Å². The van der Waals surface area contributed by atoms with Gasteiger partial charge >= 0.3 is 0 Å². The summed E-state index contributed by atoms with van der Waals surface area (Å²) in [6, 6.07) is 10.1. The molecule has 1 aliphatic carbocycles. The lowest BCUT2D eigenvalue weighted by Crippen LogP contribution is -2.17. The number of nitrogens with zero attached hydrogens (tertiary/aromatic N) is 4. The van der Waals surface area contributed by atoms with Crippen LogP contribution in [0.5, 0.6) is 0 Å². The molecule has 1 aliphatic heterocycles. The quantitative estimate of drug-likeness (QED) is 0.599. The van der Waals surface area contributed by atoms with Crippen LogP contribution in [0.15, 0.2) is 36.5 Å². The summed E-state index contributed by atoms with van der Waals surface area (Å²) in [6.07, 6.45) is 6.07. The molecule has 3 heterocycles. The summed E-state index contributed by atoms with van der Waals surface area (Å²) < 4.78 is 2.24. The van der Waals surface area contributed by atoms with Crippen LogP contribution in [0.3, 0.4) is 0 Å². The molecule has 0 radical (unpaired) electrons. The van der Waals surface area contributed by atoms with E-state index in [-0.39, 0.29) is 0 Å². The highest BCUT2D eigenvalue weighted by Gasteiger charge is 2.30. The summed E-state index contributed by atoms with van der Waals surface area (Å²) >= 11 is 12.5. The third-order valence-electron chi connectivity index (χ3n) is 5.96. The number of halogens is 2. The van der Waals surface area contributed by atoms with Gasteiger partial charge in [0.05, 0.1) is 12.2 Å². The van der Waals surface area contributed by atoms with Crippen molar-refractivity contribution in [1.82, 2.24) is 25.1 Å². The molecule has 144 valence electrons. The van der Waals surface area contributed by atoms with Crippen LogP contribution in [0.25, 0.3) is 5.69 Å². The van der Waals surface area contributed by atoms with Crippen molar-refractivity contribution in [3.63, 3.8) is 0 Å². The summed E-state index contributed by atoms with van der Waals surface area (Å²) in [4.78, 5) is 4.24. The van der Waals surface area contributed by atoms with Crippen LogP contribution >= 0.6 is 23.2 Å². The van der Waals surface area contributed by atoms with Gasteiger partial charge in [-0.3, -0.25) is 4.57 Å². The second kappa shape index (κ2) is 7.47. The standard InChI is InChI=1S/C21H21Cl2N5/c22-16-7-8-18-15(10-16)11-24-12-19-26-27-21(28(18)19)14-5-3-13(4-6-14)17-2-1-9-25-20(17)23/h1-2,7-10,13-14,24H,3-6,11-12H2/t13-,14-. The summed E-state index contributed by atoms with van der Waals surface area (Å²) in [5.74, 6) is 2.90. The van der Waals surface area contributed by atoms with Crippen molar-refractivity contribution in [3.05, 3.63) is 69.5 Å². The molecule has 1 N–H and O–H groups in total. The van der Waals surface area contributed by atoms with Gasteiger partial charge in [-0.05, 0) is 67.0 Å². The van der Waals surface area contributed by atoms with E-state index in [2.05, 4.69) is 37.2 Å². The van der Waals surface area contributed by atoms with E-state index in [4.69, 9.17) is 23.2 Å². The van der Waals surface area contributed by atoms with Crippen molar-refractivity contribution in [2.24, 2.45) is 0 Å². The van der Waals surface area contributed by atoms with Crippen LogP contribution in [0.2, 0.25) is 10.2 Å². The van der Waals surface area contributed by atoms with Gasteiger partial charge in [0.1, 0.15) is 11.0 Å². The molecule has 5 nitrogen and oxygen atoms in total. The Balaban J connectivity index is 1.43. The minimum Gasteiger partial charge on any atom is -0.306 e. The molecule has 7 heteroatoms. The Morgan fingerprint density at radius 1 is 0.964 bits per heavy atom. The molecule has 1 aromatic carbocycles. The molecule has 5 rings (SSSR count). The lowest BCUT2D eigenvalue weighted by Gasteiger charge is -2.29. The van der Waals surface area contributed by atoms with Gasteiger partial charge in [-0.25, -0.2) is 4.98 Å². The van der Waals surface area contributed by atoms with Gasteiger partial charge in [0, 0.05) is 23.7 Å². The van der Waals surface area contributed by atoms with Gasteiger partial charge in [0.2, 0.25) is 0 Å². The molecule has 0 unspecified atom stereocenters. The predicted molar refractivity (Wildman–Crippen MR) is 110 cm³/mol. The molecule has 1 fully saturated rings. The van der Waals surface area contributed by atoms with Gasteiger partial charge in [0.15, 0.2) is 5.82 Å². The summed E-state index contributed by atoms with van der Waals surface area (Å²) in [6.45, 7) is 1.49. The molecular formula is C21H21Cl2N5. The molecule has 2 aliphatic rings. The van der Waals surface area contributed by atoms with E-state index in [9.17, 15) is 0 Å². The fraction of sp³-hybridized carbons (Fsp3) is 0.381. The van der Waals surface area contributed by atoms with E-state index in [1.807, 2.05) is 18.2 Å². The first-order valence-electron chi connectivity index (χ1n) is 9.75. The van der Waals surface area contributed by atoms with Crippen LogP contribution in [0.4, 0.5) is 0 Å². The Bertz CT molecular complexity index is 1010. The Kier molecular flexibility index (Phi) is 4.83. The lowest BCUT2D eigenvalue weighted by atomic mass is 9.78. The third-order valence-corrected chi connectivity index (χ3v) is 6.51. The molecule has 0 spiro atoms. The average Bonchev–Trinajstić information content (AvgIpc) is 3.04. The van der Waals surface area contributed by atoms with Crippen LogP contribution in [0.1, 0.15) is 60.3 Å². The largest absolute Gasteiger partial charge is 0.306 e. The number of fused-ring (bicyclic) bond motifs is 3. The Morgan fingerprint density at radius 3 is 2.61 bits per heavy atom. The van der Waals surface area contributed by atoms with E-state index in [0.717, 1.165) is 54.6 Å². The summed E-state index contributed by atoms with van der Waals surface area (Å²) in [5.41, 5.74) is 3.50. The monoisotopic (exact) mass is 413 g/mol. The van der Waals surface area contributed by atoms with Crippen molar-refractivity contribution in [2.45, 2.75) is 50.6 Å². The van der Waals surface area contributed by atoms with Crippen LogP contribution in [-0.2, 0) is 13.1 Å². The molecule has 3 aromatic rings. The number of benzene rings is 1. The van der Waals surface area contributed by atoms with Gasteiger partial charge in [0.25, 0.3) is 0 Å². The van der Waals surface area contributed by atoms with Crippen molar-refractivity contribution in [1.29, 1.82) is 0 Å². The van der Waals surface area contributed by atoms with Crippen molar-refractivity contribution >= 4 is 23.2 Å². The Hall–Kier alpha value is -1.95. The number of rotatable bonds is 2. The van der Waals surface area contributed by atoms with Crippen LogP contribution in [0, 0.1) is 0 Å². The van der Waals surface area contributed by atoms with Crippen molar-refractivity contribution in [2.75, 3.05) is 0 Å². The Morgan fingerprint density at radius 2 is 1.79 bits per heavy atom. The zero-order chi connectivity index (χ0) is 19.1. The van der Waals surface area contributed by atoms with E-state index < -0.39 is 0 Å². The highest BCUT2D eigenvalue weighted by atomic mass is 35.5. The van der Waals surface area contributed by atoms with E-state index in [1.54, 1.807) is 6.20 Å². The molecule has 0 bridgehead atoms. The zero-order valence-electron chi connectivity index (χ0n) is 15.4. The second-order valence-corrected chi connectivity index (χ2v) is 8.41. The molecule has 2 aromatic heterocycles. The number of hydrogen-bond donors (Lipinski definition) is 1. The van der Waals surface area contributed by atoms with E-state index >= 15 is 0 Å². The fourth-order valence-corrected chi connectivity index (χ4v) is 5.03. The van der Waals surface area contributed by atoms with Crippen molar-refractivity contribution < 1.29 is 0 Å². The molecule has 0 atom stereocenters. The van der Waals surface area contributed by atoms with Gasteiger partial charge < -0.3 is 5.32 Å². The number of pyridine rings is 1. The smallest absolute Gasteiger partial charge is 0.151 e. The third kappa shape index (κ3) is 3.21. The van der Waals surface area contributed by atoms with Crippen molar-refractivity contribution in [3.8, 4) is 5.69 Å². The number of hydrogen-bond acceptors (Lipinski definition) is 4. The molecule has 0 saturated heterocycles. The maximum Gasteiger partial charge on any atom is 0.151 e. The normalized spacial score (nSPS) is 21.6. The minimum atomic E-state index is 0.398. The van der Waals surface area contributed by atoms with Crippen LogP contribution in [-0.4, -0.2) is 19.7 Å². The molecule has 0 amide bonds. The lowest BCUT2D eigenvalue weighted by molar-refractivity contribution is 0.381. The summed E-state index contributed by atoms with van der Waals surface area (Å²) in [5, 5.41) is 13.9. The maximum absolute atomic E-state index is 6.32. The molecular weight excluding hydrogens is 393 g/mol. The number of nitrogens with one attached hydrogen (secondary N) is 1. The van der Waals surface area contributed by atoms with Crippen LogP contribution < -0.4 is 5.32 Å². The zero-order valence-corrected chi connectivity index (χ0v) is 16.9. The predicted octanol–water partition coefficient (Wildman–Crippen LogP) is 5.01. The highest BCUT2D eigenvalue weighted by molar-refractivity contribution is 6.30. The number of aromatic nitrogens is 4.